The number of aromatic nitrogens is 1. The Bertz CT molecular complexity index is 1030. The molecule has 1 aromatic carbocycles. The number of hydrogen-bond donors (Lipinski definition) is 3. The number of carbonyl (C=O) groups is 1. The van der Waals surface area contributed by atoms with Crippen molar-refractivity contribution in [3.8, 4) is 5.75 Å². The van der Waals surface area contributed by atoms with Gasteiger partial charge >= 0.3 is 12.4 Å². The fourth-order valence-corrected chi connectivity index (χ4v) is 3.25. The first kappa shape index (κ1) is 23.8. The van der Waals surface area contributed by atoms with Crippen molar-refractivity contribution in [3.63, 3.8) is 0 Å². The van der Waals surface area contributed by atoms with Crippen LogP contribution in [0.15, 0.2) is 36.5 Å². The molecule has 0 unspecified atom stereocenters. The summed E-state index contributed by atoms with van der Waals surface area (Å²) in [6.45, 7) is -0.175. The van der Waals surface area contributed by atoms with Gasteiger partial charge in [0.25, 0.3) is 0 Å². The van der Waals surface area contributed by atoms with E-state index in [4.69, 9.17) is 16.7 Å². The van der Waals surface area contributed by atoms with E-state index in [0.717, 1.165) is 18.2 Å². The Labute approximate surface area is 184 Å². The number of urea groups is 1. The number of nitrogens with zero attached hydrogens (tertiary/aromatic N) is 2. The predicted molar refractivity (Wildman–Crippen MR) is 108 cm³/mol. The van der Waals surface area contributed by atoms with Crippen LogP contribution in [0, 0.1) is 5.82 Å². The quantitative estimate of drug-likeness (QED) is 0.565. The molecule has 12 heteroatoms. The number of amides is 2. The van der Waals surface area contributed by atoms with E-state index in [2.05, 4.69) is 15.0 Å². The maximum atomic E-state index is 14.4. The van der Waals surface area contributed by atoms with E-state index in [1.807, 2.05) is 0 Å². The zero-order chi connectivity index (χ0) is 23.5. The van der Waals surface area contributed by atoms with E-state index in [-0.39, 0.29) is 35.1 Å². The lowest BCUT2D eigenvalue weighted by atomic mass is 10.0. The predicted octanol–water partition coefficient (Wildman–Crippen LogP) is 4.12. The second-order valence-corrected chi connectivity index (χ2v) is 7.25. The van der Waals surface area contributed by atoms with Crippen LogP contribution in [0.5, 0.6) is 5.75 Å². The van der Waals surface area contributed by atoms with Gasteiger partial charge in [0.15, 0.2) is 0 Å². The molecule has 0 spiro atoms. The molecule has 1 atom stereocenters. The van der Waals surface area contributed by atoms with Gasteiger partial charge in [-0.1, -0.05) is 17.7 Å². The molecule has 0 bridgehead atoms. The highest BCUT2D eigenvalue weighted by Gasteiger charge is 2.32. The Morgan fingerprint density at radius 1 is 1.34 bits per heavy atom. The molecule has 2 heterocycles. The van der Waals surface area contributed by atoms with Crippen LogP contribution < -0.4 is 10.1 Å². The van der Waals surface area contributed by atoms with Crippen LogP contribution in [-0.2, 0) is 0 Å². The summed E-state index contributed by atoms with van der Waals surface area (Å²) in [5.74, 6) is -1.25. The average Bonchev–Trinajstić information content (AvgIpc) is 2.74. The molecule has 7 nitrogen and oxygen atoms in total. The van der Waals surface area contributed by atoms with Crippen LogP contribution in [0.4, 0.5) is 28.0 Å². The van der Waals surface area contributed by atoms with Gasteiger partial charge in [-0.3, -0.25) is 4.98 Å². The zero-order valence-electron chi connectivity index (χ0n) is 16.4. The van der Waals surface area contributed by atoms with Gasteiger partial charge < -0.3 is 25.2 Å². The number of nitrogens with one attached hydrogen (secondary N) is 1. The van der Waals surface area contributed by atoms with Crippen LogP contribution in [0.1, 0.15) is 23.8 Å². The van der Waals surface area contributed by atoms with Crippen molar-refractivity contribution in [1.29, 1.82) is 0 Å². The Hall–Kier alpha value is -2.89. The lowest BCUT2D eigenvalue weighted by molar-refractivity contribution is -0.274. The molecule has 0 radical (unpaired) electrons. The first-order valence-corrected chi connectivity index (χ1v) is 9.70. The molecule has 172 valence electrons. The third kappa shape index (κ3) is 5.87. The van der Waals surface area contributed by atoms with Crippen LogP contribution in [0.25, 0.3) is 5.57 Å². The van der Waals surface area contributed by atoms with Crippen molar-refractivity contribution in [2.24, 2.45) is 0 Å². The molecule has 0 aliphatic carbocycles. The zero-order valence-corrected chi connectivity index (χ0v) is 17.1. The van der Waals surface area contributed by atoms with E-state index in [0.29, 0.717) is 12.0 Å². The standard InChI is InChI=1S/C20H18ClF4N3O4/c21-14-8-13(1-2-17(14)32-20(23,24)25)27-19(31)28-5-3-11(4-6-28)18-15(22)7-12(9-26-18)16(30)10-29/h1-3,7-9,16,29-30H,4-6,10H2,(H,27,31)/t16-/m1/s1. The molecule has 2 amide bonds. The van der Waals surface area contributed by atoms with Gasteiger partial charge in [0.2, 0.25) is 0 Å². The maximum Gasteiger partial charge on any atom is 0.573 e. The number of alkyl halides is 3. The van der Waals surface area contributed by atoms with Gasteiger partial charge in [0.05, 0.1) is 11.6 Å². The van der Waals surface area contributed by atoms with Crippen molar-refractivity contribution in [3.05, 3.63) is 58.6 Å². The van der Waals surface area contributed by atoms with Gasteiger partial charge in [-0.2, -0.15) is 0 Å². The molecule has 0 fully saturated rings. The van der Waals surface area contributed by atoms with Gasteiger partial charge in [0, 0.05) is 30.5 Å². The molecule has 3 rings (SSSR count). The Balaban J connectivity index is 1.63. The maximum absolute atomic E-state index is 14.4. The summed E-state index contributed by atoms with van der Waals surface area (Å²) in [5, 5.41) is 20.7. The normalized spacial score (nSPS) is 15.2. The third-order valence-electron chi connectivity index (χ3n) is 4.63. The molecule has 3 N–H and O–H groups in total. The topological polar surface area (TPSA) is 94.9 Å². The van der Waals surface area contributed by atoms with Crippen molar-refractivity contribution >= 4 is 28.9 Å². The van der Waals surface area contributed by atoms with E-state index < -0.39 is 36.7 Å². The fourth-order valence-electron chi connectivity index (χ4n) is 3.03. The van der Waals surface area contributed by atoms with Crippen LogP contribution in [0.3, 0.4) is 0 Å². The summed E-state index contributed by atoms with van der Waals surface area (Å²) in [6.07, 6.45) is -2.91. The second-order valence-electron chi connectivity index (χ2n) is 6.85. The number of pyridine rings is 1. The monoisotopic (exact) mass is 475 g/mol. The number of ether oxygens (including phenoxy) is 1. The van der Waals surface area contributed by atoms with Gasteiger partial charge in [-0.15, -0.1) is 13.2 Å². The van der Waals surface area contributed by atoms with E-state index in [9.17, 15) is 27.5 Å². The van der Waals surface area contributed by atoms with Crippen molar-refractivity contribution in [2.75, 3.05) is 25.0 Å². The SMILES string of the molecule is O=C(Nc1ccc(OC(F)(F)F)c(Cl)c1)N1CC=C(c2ncc([C@H](O)CO)cc2F)CC1. The highest BCUT2D eigenvalue weighted by molar-refractivity contribution is 6.32. The van der Waals surface area contributed by atoms with Gasteiger partial charge in [-0.05, 0) is 36.3 Å². The first-order chi connectivity index (χ1) is 15.1. The molecule has 0 saturated carbocycles. The molecule has 1 aliphatic heterocycles. The average molecular weight is 476 g/mol. The molecular weight excluding hydrogens is 458 g/mol. The van der Waals surface area contributed by atoms with E-state index in [1.54, 1.807) is 6.08 Å². The summed E-state index contributed by atoms with van der Waals surface area (Å²) in [6, 6.07) is 3.92. The minimum Gasteiger partial charge on any atom is -0.404 e. The van der Waals surface area contributed by atoms with Crippen LogP contribution in [0.2, 0.25) is 5.02 Å². The van der Waals surface area contributed by atoms with Crippen molar-refractivity contribution in [1.82, 2.24) is 9.88 Å². The number of carbonyl (C=O) groups excluding carboxylic acids is 1. The summed E-state index contributed by atoms with van der Waals surface area (Å²) >= 11 is 5.77. The molecule has 1 aliphatic rings. The number of halogens is 5. The van der Waals surface area contributed by atoms with Gasteiger partial charge in [0.1, 0.15) is 23.4 Å². The summed E-state index contributed by atoms with van der Waals surface area (Å²) in [7, 11) is 0. The summed E-state index contributed by atoms with van der Waals surface area (Å²) in [4.78, 5) is 17.9. The Morgan fingerprint density at radius 3 is 2.66 bits per heavy atom. The van der Waals surface area contributed by atoms with Gasteiger partial charge in [-0.25, -0.2) is 9.18 Å². The van der Waals surface area contributed by atoms with Crippen molar-refractivity contribution in [2.45, 2.75) is 18.9 Å². The smallest absolute Gasteiger partial charge is 0.404 e. The molecule has 32 heavy (non-hydrogen) atoms. The summed E-state index contributed by atoms with van der Waals surface area (Å²) < 4.78 is 55.1. The highest BCUT2D eigenvalue weighted by atomic mass is 35.5. The molecular formula is C20H18ClF4N3O4. The third-order valence-corrected chi connectivity index (χ3v) is 4.92. The number of rotatable bonds is 5. The van der Waals surface area contributed by atoms with Crippen LogP contribution in [-0.4, -0.2) is 52.2 Å². The lowest BCUT2D eigenvalue weighted by Crippen LogP contribution is -2.38. The largest absolute Gasteiger partial charge is 0.573 e. The molecule has 0 saturated heterocycles. The summed E-state index contributed by atoms with van der Waals surface area (Å²) in [5.41, 5.74) is 0.991. The minimum atomic E-state index is -4.89. The van der Waals surface area contributed by atoms with E-state index >= 15 is 0 Å². The number of anilines is 1. The second kappa shape index (κ2) is 9.72. The lowest BCUT2D eigenvalue weighted by Gasteiger charge is -2.27. The van der Waals surface area contributed by atoms with Crippen molar-refractivity contribution < 1.29 is 37.3 Å². The highest BCUT2D eigenvalue weighted by Crippen LogP contribution is 2.32. The molecule has 1 aromatic heterocycles. The Morgan fingerprint density at radius 2 is 2.09 bits per heavy atom. The number of aliphatic hydroxyl groups is 2. The number of aliphatic hydroxyl groups excluding tert-OH is 2. The van der Waals surface area contributed by atoms with Crippen LogP contribution >= 0.6 is 11.6 Å². The Kier molecular flexibility index (Phi) is 7.22. The van der Waals surface area contributed by atoms with E-state index in [1.165, 1.54) is 17.2 Å². The minimum absolute atomic E-state index is 0.0889. The number of hydrogen-bond acceptors (Lipinski definition) is 5. The first-order valence-electron chi connectivity index (χ1n) is 9.32. The fraction of sp³-hybridized carbons (Fsp3) is 0.300. The molecule has 2 aromatic rings. The number of benzene rings is 1.